The molecule has 3 unspecified atom stereocenters. The third-order valence-corrected chi connectivity index (χ3v) is 6.16. The highest BCUT2D eigenvalue weighted by atomic mass is 16.6. The van der Waals surface area contributed by atoms with E-state index in [1.165, 1.54) is 5.69 Å². The topological polar surface area (TPSA) is 71.8 Å². The van der Waals surface area contributed by atoms with Crippen LogP contribution in [-0.2, 0) is 18.9 Å². The van der Waals surface area contributed by atoms with E-state index in [1.807, 2.05) is 31.2 Å². The van der Waals surface area contributed by atoms with E-state index in [4.69, 9.17) is 28.4 Å². The minimum Gasteiger partial charge on any atom is -0.493 e. The summed E-state index contributed by atoms with van der Waals surface area (Å²) >= 11 is 0. The Balaban J connectivity index is 1.01. The number of anilines is 2. The van der Waals surface area contributed by atoms with Crippen molar-refractivity contribution < 1.29 is 28.4 Å². The molecule has 0 N–H and O–H groups in total. The normalized spacial score (nSPS) is 21.9. The highest BCUT2D eigenvalue weighted by Gasteiger charge is 2.31. The van der Waals surface area contributed by atoms with Crippen molar-refractivity contribution in [3.8, 4) is 11.5 Å². The number of rotatable bonds is 17. The first-order valence-electron chi connectivity index (χ1n) is 12.6. The van der Waals surface area contributed by atoms with Gasteiger partial charge in [0.1, 0.15) is 18.2 Å². The van der Waals surface area contributed by atoms with Crippen molar-refractivity contribution in [1.29, 1.82) is 0 Å². The van der Waals surface area contributed by atoms with Gasteiger partial charge in [-0.05, 0) is 55.5 Å². The van der Waals surface area contributed by atoms with E-state index in [-0.39, 0.29) is 0 Å². The lowest BCUT2D eigenvalue weighted by atomic mass is 10.2. The van der Waals surface area contributed by atoms with Crippen molar-refractivity contribution in [2.24, 2.45) is 0 Å². The first-order valence-corrected chi connectivity index (χ1v) is 12.6. The summed E-state index contributed by atoms with van der Waals surface area (Å²) in [6, 6.07) is 16.4. The van der Waals surface area contributed by atoms with Crippen LogP contribution in [0.15, 0.2) is 48.5 Å². The molecule has 3 atom stereocenters. The lowest BCUT2D eigenvalue weighted by molar-refractivity contribution is 0.146. The molecule has 5 rings (SSSR count). The minimum atomic E-state index is 0.316. The van der Waals surface area contributed by atoms with Gasteiger partial charge in [-0.15, -0.1) is 0 Å². The SMILES string of the molecule is CCOCN(CC1CO1)c1ccc(OCCCOc2ccc(N(CC3CO3)CC3CO3)cc2)cc1. The molecule has 0 amide bonds. The predicted octanol–water partition coefficient (Wildman–Crippen LogP) is 3.34. The van der Waals surface area contributed by atoms with Crippen LogP contribution >= 0.6 is 0 Å². The molecule has 3 saturated heterocycles. The molecule has 8 nitrogen and oxygen atoms in total. The van der Waals surface area contributed by atoms with Crippen LogP contribution < -0.4 is 19.3 Å². The number of ether oxygens (including phenoxy) is 6. The number of hydrogen-bond acceptors (Lipinski definition) is 8. The van der Waals surface area contributed by atoms with Crippen molar-refractivity contribution in [3.63, 3.8) is 0 Å². The molecule has 0 bridgehead atoms. The average molecular weight is 485 g/mol. The third kappa shape index (κ3) is 8.00. The molecule has 3 aliphatic rings. The van der Waals surface area contributed by atoms with Crippen molar-refractivity contribution >= 4 is 11.4 Å². The summed E-state index contributed by atoms with van der Waals surface area (Å²) in [6.45, 7) is 9.71. The fraction of sp³-hybridized carbons (Fsp3) is 0.556. The fourth-order valence-electron chi connectivity index (χ4n) is 3.92. The van der Waals surface area contributed by atoms with Gasteiger partial charge >= 0.3 is 0 Å². The van der Waals surface area contributed by atoms with Crippen LogP contribution in [0.1, 0.15) is 13.3 Å². The zero-order chi connectivity index (χ0) is 23.9. The Labute approximate surface area is 207 Å². The summed E-state index contributed by atoms with van der Waals surface area (Å²) in [6.07, 6.45) is 1.83. The largest absolute Gasteiger partial charge is 0.493 e. The number of nitrogens with zero attached hydrogens (tertiary/aromatic N) is 2. The predicted molar refractivity (Wildman–Crippen MR) is 134 cm³/mol. The Morgan fingerprint density at radius 1 is 0.686 bits per heavy atom. The number of epoxide rings is 3. The third-order valence-electron chi connectivity index (χ3n) is 6.16. The van der Waals surface area contributed by atoms with E-state index in [0.29, 0.717) is 44.9 Å². The fourth-order valence-corrected chi connectivity index (χ4v) is 3.92. The van der Waals surface area contributed by atoms with Gasteiger partial charge in [0.05, 0.1) is 51.3 Å². The number of hydrogen-bond donors (Lipinski definition) is 0. The summed E-state index contributed by atoms with van der Waals surface area (Å²) in [5, 5.41) is 0. The summed E-state index contributed by atoms with van der Waals surface area (Å²) < 4.78 is 33.6. The molecule has 0 saturated carbocycles. The molecule has 0 radical (unpaired) electrons. The summed E-state index contributed by atoms with van der Waals surface area (Å²) in [4.78, 5) is 4.54. The van der Waals surface area contributed by atoms with Gasteiger partial charge in [0, 0.05) is 44.0 Å². The van der Waals surface area contributed by atoms with Gasteiger partial charge in [-0.2, -0.15) is 0 Å². The van der Waals surface area contributed by atoms with Crippen LogP contribution in [0.4, 0.5) is 11.4 Å². The Morgan fingerprint density at radius 3 is 1.54 bits per heavy atom. The Morgan fingerprint density at radius 2 is 1.11 bits per heavy atom. The summed E-state index contributed by atoms with van der Waals surface area (Å²) in [7, 11) is 0. The first kappa shape index (κ1) is 24.2. The molecule has 3 aliphatic heterocycles. The van der Waals surface area contributed by atoms with E-state index >= 15 is 0 Å². The Bertz CT molecular complexity index is 883. The van der Waals surface area contributed by atoms with E-state index in [9.17, 15) is 0 Å². The van der Waals surface area contributed by atoms with Crippen LogP contribution in [-0.4, -0.2) is 84.3 Å². The Hall–Kier alpha value is -2.52. The van der Waals surface area contributed by atoms with Crippen LogP contribution in [0.3, 0.4) is 0 Å². The van der Waals surface area contributed by atoms with Gasteiger partial charge in [-0.1, -0.05) is 0 Å². The highest BCUT2D eigenvalue weighted by Crippen LogP contribution is 2.25. The van der Waals surface area contributed by atoms with Gasteiger partial charge in [0.25, 0.3) is 0 Å². The molecule has 0 spiro atoms. The molecule has 2 aromatic rings. The van der Waals surface area contributed by atoms with Crippen LogP contribution in [0.2, 0.25) is 0 Å². The molecular formula is C27H36N2O6. The van der Waals surface area contributed by atoms with Crippen LogP contribution in [0.25, 0.3) is 0 Å². The van der Waals surface area contributed by atoms with Crippen molar-refractivity contribution in [2.75, 3.05) is 75.8 Å². The summed E-state index contributed by atoms with van der Waals surface area (Å²) in [5.41, 5.74) is 2.29. The van der Waals surface area contributed by atoms with E-state index < -0.39 is 0 Å². The molecule has 0 aromatic heterocycles. The summed E-state index contributed by atoms with van der Waals surface area (Å²) in [5.74, 6) is 1.73. The van der Waals surface area contributed by atoms with E-state index in [2.05, 4.69) is 34.1 Å². The molecule has 3 heterocycles. The molecule has 190 valence electrons. The number of benzene rings is 2. The second-order valence-electron chi connectivity index (χ2n) is 9.15. The average Bonchev–Trinajstić information content (AvgIpc) is 3.73. The monoisotopic (exact) mass is 484 g/mol. The zero-order valence-corrected chi connectivity index (χ0v) is 20.5. The second-order valence-corrected chi connectivity index (χ2v) is 9.15. The standard InChI is InChI=1S/C27H36N2O6/c1-2-30-20-29(16-27-19-35-27)22-6-10-24(11-7-22)32-13-3-12-31-23-8-4-21(5-9-23)28(14-25-17-33-25)15-26-18-34-26/h4-11,25-27H,2-3,12-20H2,1H3. The Kier molecular flexibility index (Phi) is 8.25. The van der Waals surface area contributed by atoms with Gasteiger partial charge < -0.3 is 38.2 Å². The smallest absolute Gasteiger partial charge is 0.119 e. The highest BCUT2D eigenvalue weighted by molar-refractivity contribution is 5.50. The lowest BCUT2D eigenvalue weighted by Crippen LogP contribution is -2.31. The van der Waals surface area contributed by atoms with Crippen molar-refractivity contribution in [1.82, 2.24) is 0 Å². The minimum absolute atomic E-state index is 0.316. The second kappa shape index (κ2) is 11.9. The molecule has 35 heavy (non-hydrogen) atoms. The zero-order valence-electron chi connectivity index (χ0n) is 20.5. The quantitative estimate of drug-likeness (QED) is 0.192. The van der Waals surface area contributed by atoms with Gasteiger partial charge in [0.15, 0.2) is 0 Å². The van der Waals surface area contributed by atoms with E-state index in [1.54, 1.807) is 0 Å². The van der Waals surface area contributed by atoms with E-state index in [0.717, 1.165) is 63.1 Å². The molecule has 2 aromatic carbocycles. The van der Waals surface area contributed by atoms with Gasteiger partial charge in [-0.3, -0.25) is 0 Å². The maximum atomic E-state index is 5.92. The van der Waals surface area contributed by atoms with Crippen molar-refractivity contribution in [2.45, 2.75) is 31.7 Å². The van der Waals surface area contributed by atoms with Gasteiger partial charge in [-0.25, -0.2) is 0 Å². The molecule has 0 aliphatic carbocycles. The van der Waals surface area contributed by atoms with Crippen LogP contribution in [0, 0.1) is 0 Å². The van der Waals surface area contributed by atoms with Gasteiger partial charge in [0.2, 0.25) is 0 Å². The van der Waals surface area contributed by atoms with Crippen LogP contribution in [0.5, 0.6) is 11.5 Å². The molecule has 8 heteroatoms. The molecule has 3 fully saturated rings. The maximum Gasteiger partial charge on any atom is 0.119 e. The lowest BCUT2D eigenvalue weighted by Gasteiger charge is -2.23. The maximum absolute atomic E-state index is 5.92. The molecular weight excluding hydrogens is 448 g/mol. The first-order chi connectivity index (χ1) is 17.3. The van der Waals surface area contributed by atoms with Crippen molar-refractivity contribution in [3.05, 3.63) is 48.5 Å².